The van der Waals surface area contributed by atoms with Gasteiger partial charge in [-0.2, -0.15) is 8.78 Å². The fourth-order valence-electron chi connectivity index (χ4n) is 0.0835. The summed E-state index contributed by atoms with van der Waals surface area (Å²) >= 11 is 0. The summed E-state index contributed by atoms with van der Waals surface area (Å²) in [5, 5.41) is 7.80. The Morgan fingerprint density at radius 3 is 2.12 bits per heavy atom. The first-order valence-corrected chi connectivity index (χ1v) is 1.79. The summed E-state index contributed by atoms with van der Waals surface area (Å²) in [5.41, 5.74) is 0. The molecule has 0 spiro atoms. The monoisotopic (exact) mass is 125 g/mol. The van der Waals surface area contributed by atoms with Crippen LogP contribution in [-0.4, -0.2) is 29.7 Å². The second-order valence-electron chi connectivity index (χ2n) is 1.17. The van der Waals surface area contributed by atoms with Crippen molar-refractivity contribution in [3.8, 4) is 0 Å². The van der Waals surface area contributed by atoms with Gasteiger partial charge >= 0.3 is 12.6 Å². The van der Waals surface area contributed by atoms with Crippen molar-refractivity contribution >= 4 is 6.09 Å². The first-order valence-electron chi connectivity index (χ1n) is 1.79. The van der Waals surface area contributed by atoms with Crippen molar-refractivity contribution in [1.82, 2.24) is 4.90 Å². The number of amides is 1. The van der Waals surface area contributed by atoms with Crippen molar-refractivity contribution in [3.05, 3.63) is 0 Å². The van der Waals surface area contributed by atoms with E-state index in [1.807, 2.05) is 0 Å². The summed E-state index contributed by atoms with van der Waals surface area (Å²) in [6.45, 7) is -2.92. The van der Waals surface area contributed by atoms with Crippen molar-refractivity contribution in [2.75, 3.05) is 7.05 Å². The predicted octanol–water partition coefficient (Wildman–Crippen LogP) is 0.819. The minimum Gasteiger partial charge on any atom is -0.465 e. The van der Waals surface area contributed by atoms with Crippen molar-refractivity contribution in [1.29, 1.82) is 0 Å². The zero-order chi connectivity index (χ0) is 6.73. The Morgan fingerprint density at radius 2 is 2.12 bits per heavy atom. The molecular weight excluding hydrogens is 120 g/mol. The van der Waals surface area contributed by atoms with Crippen LogP contribution in [0.3, 0.4) is 0 Å². The zero-order valence-electron chi connectivity index (χ0n) is 4.14. The summed E-state index contributed by atoms with van der Waals surface area (Å²) < 4.78 is 22.4. The van der Waals surface area contributed by atoms with E-state index in [4.69, 9.17) is 5.11 Å². The van der Waals surface area contributed by atoms with E-state index >= 15 is 0 Å². The molecule has 0 bridgehead atoms. The van der Waals surface area contributed by atoms with Gasteiger partial charge in [-0.15, -0.1) is 0 Å². The molecule has 0 aliphatic carbocycles. The van der Waals surface area contributed by atoms with Crippen LogP contribution >= 0.6 is 0 Å². The predicted molar refractivity (Wildman–Crippen MR) is 21.8 cm³/mol. The Morgan fingerprint density at radius 1 is 1.75 bits per heavy atom. The standard InChI is InChI=1S/C3H5F2NO2/c1-6(2(4)5)3(7)8/h2H,1H3,(H,7,8). The van der Waals surface area contributed by atoms with Crippen LogP contribution in [0.25, 0.3) is 0 Å². The molecule has 0 aromatic rings. The van der Waals surface area contributed by atoms with Gasteiger partial charge in [0.1, 0.15) is 0 Å². The quantitative estimate of drug-likeness (QED) is 0.527. The molecule has 0 aromatic heterocycles. The number of alkyl halides is 2. The van der Waals surface area contributed by atoms with Gasteiger partial charge in [0.2, 0.25) is 0 Å². The molecule has 0 saturated heterocycles. The van der Waals surface area contributed by atoms with E-state index in [2.05, 4.69) is 0 Å². The molecule has 0 rings (SSSR count). The third kappa shape index (κ3) is 1.72. The first kappa shape index (κ1) is 7.13. The van der Waals surface area contributed by atoms with Gasteiger partial charge in [0.15, 0.2) is 0 Å². The molecule has 1 N–H and O–H groups in total. The van der Waals surface area contributed by atoms with Crippen molar-refractivity contribution in [2.45, 2.75) is 6.55 Å². The van der Waals surface area contributed by atoms with Crippen LogP contribution in [0.15, 0.2) is 0 Å². The Kier molecular flexibility index (Phi) is 2.18. The molecule has 0 radical (unpaired) electrons. The number of carboxylic acid groups (broad SMARTS) is 1. The number of nitrogens with zero attached hydrogens (tertiary/aromatic N) is 1. The van der Waals surface area contributed by atoms with Crippen LogP contribution in [0.4, 0.5) is 13.6 Å². The van der Waals surface area contributed by atoms with Crippen LogP contribution in [0, 0.1) is 0 Å². The van der Waals surface area contributed by atoms with E-state index in [-0.39, 0.29) is 4.90 Å². The smallest absolute Gasteiger partial charge is 0.411 e. The minimum absolute atomic E-state index is 0.0833. The second kappa shape index (κ2) is 2.44. The maximum atomic E-state index is 11.2. The van der Waals surface area contributed by atoms with Crippen LogP contribution < -0.4 is 0 Å². The molecule has 0 aliphatic heterocycles. The molecule has 0 fully saturated rings. The normalized spacial score (nSPS) is 9.50. The lowest BCUT2D eigenvalue weighted by molar-refractivity contribution is 0.00119. The van der Waals surface area contributed by atoms with Gasteiger partial charge in [0.25, 0.3) is 0 Å². The molecule has 8 heavy (non-hydrogen) atoms. The number of rotatable bonds is 1. The summed E-state index contributed by atoms with van der Waals surface area (Å²) in [7, 11) is 0.799. The number of hydrogen-bond acceptors (Lipinski definition) is 1. The van der Waals surface area contributed by atoms with E-state index in [0.717, 1.165) is 7.05 Å². The van der Waals surface area contributed by atoms with E-state index in [1.165, 1.54) is 0 Å². The highest BCUT2D eigenvalue weighted by atomic mass is 19.3. The summed E-state index contributed by atoms with van der Waals surface area (Å²) in [6, 6.07) is 0. The molecule has 0 unspecified atom stereocenters. The fraction of sp³-hybridized carbons (Fsp3) is 0.667. The Balaban J connectivity index is 3.64. The molecule has 0 atom stereocenters. The second-order valence-corrected chi connectivity index (χ2v) is 1.17. The van der Waals surface area contributed by atoms with E-state index in [1.54, 1.807) is 0 Å². The molecule has 1 amide bonds. The van der Waals surface area contributed by atoms with E-state index in [0.29, 0.717) is 0 Å². The summed E-state index contributed by atoms with van der Waals surface area (Å²) in [5.74, 6) is 0. The fourth-order valence-corrected chi connectivity index (χ4v) is 0.0835. The van der Waals surface area contributed by atoms with Gasteiger partial charge in [-0.1, -0.05) is 0 Å². The van der Waals surface area contributed by atoms with Crippen molar-refractivity contribution < 1.29 is 18.7 Å². The third-order valence-electron chi connectivity index (χ3n) is 0.594. The van der Waals surface area contributed by atoms with Crippen molar-refractivity contribution in [3.63, 3.8) is 0 Å². The van der Waals surface area contributed by atoms with Gasteiger partial charge in [-0.25, -0.2) is 4.79 Å². The molecule has 48 valence electrons. The Bertz CT molecular complexity index is 95.3. The lowest BCUT2D eigenvalue weighted by Gasteiger charge is -2.09. The zero-order valence-corrected chi connectivity index (χ0v) is 4.14. The van der Waals surface area contributed by atoms with Crippen LogP contribution in [0.1, 0.15) is 0 Å². The van der Waals surface area contributed by atoms with Gasteiger partial charge in [-0.3, -0.25) is 4.90 Å². The third-order valence-corrected chi connectivity index (χ3v) is 0.594. The largest absolute Gasteiger partial charge is 0.465 e. The van der Waals surface area contributed by atoms with Gasteiger partial charge in [0, 0.05) is 7.05 Å². The maximum absolute atomic E-state index is 11.2. The van der Waals surface area contributed by atoms with E-state index in [9.17, 15) is 13.6 Å². The lowest BCUT2D eigenvalue weighted by Crippen LogP contribution is -2.29. The molecule has 3 nitrogen and oxygen atoms in total. The molecule has 5 heteroatoms. The highest BCUT2D eigenvalue weighted by Crippen LogP contribution is 1.97. The highest BCUT2D eigenvalue weighted by Gasteiger charge is 2.14. The van der Waals surface area contributed by atoms with Crippen LogP contribution in [0.5, 0.6) is 0 Å². The maximum Gasteiger partial charge on any atom is 0.411 e. The summed E-state index contributed by atoms with van der Waals surface area (Å²) in [6.07, 6.45) is -1.63. The van der Waals surface area contributed by atoms with Gasteiger partial charge in [0.05, 0.1) is 0 Å². The average molecular weight is 125 g/mol. The molecule has 0 aromatic carbocycles. The minimum atomic E-state index is -2.92. The molecule has 0 heterocycles. The first-order chi connectivity index (χ1) is 3.55. The Hall–Kier alpha value is -0.870. The van der Waals surface area contributed by atoms with Crippen molar-refractivity contribution in [2.24, 2.45) is 0 Å². The van der Waals surface area contributed by atoms with E-state index < -0.39 is 12.6 Å². The SMILES string of the molecule is CN(C(=O)O)C(F)F. The number of hydrogen-bond donors (Lipinski definition) is 1. The lowest BCUT2D eigenvalue weighted by atomic mass is 10.9. The van der Waals surface area contributed by atoms with Crippen LogP contribution in [-0.2, 0) is 0 Å². The summed E-state index contributed by atoms with van der Waals surface area (Å²) in [4.78, 5) is 9.50. The number of carbonyl (C=O) groups is 1. The van der Waals surface area contributed by atoms with Crippen LogP contribution in [0.2, 0.25) is 0 Å². The molecule has 0 saturated carbocycles. The topological polar surface area (TPSA) is 40.5 Å². The number of halogens is 2. The van der Waals surface area contributed by atoms with Gasteiger partial charge in [-0.05, 0) is 0 Å². The molecule has 0 aliphatic rings. The highest BCUT2D eigenvalue weighted by molar-refractivity contribution is 5.64. The average Bonchev–Trinajstić information content (AvgIpc) is 1.64. The Labute approximate surface area is 44.5 Å². The van der Waals surface area contributed by atoms with Gasteiger partial charge < -0.3 is 5.11 Å². The molecular formula is C3H5F2NO2.